The summed E-state index contributed by atoms with van der Waals surface area (Å²) in [5.41, 5.74) is 1.72. The Kier molecular flexibility index (Phi) is 5.66. The Morgan fingerprint density at radius 1 is 1.24 bits per heavy atom. The van der Waals surface area contributed by atoms with Crippen LogP contribution in [0, 0.1) is 0 Å². The quantitative estimate of drug-likeness (QED) is 0.425. The van der Waals surface area contributed by atoms with E-state index in [1.54, 1.807) is 24.3 Å². The molecule has 0 atom stereocenters. The van der Waals surface area contributed by atoms with Crippen LogP contribution in [0.1, 0.15) is 30.1 Å². The molecule has 0 fully saturated rings. The molecule has 0 bridgehead atoms. The molecule has 0 aliphatic heterocycles. The number of rotatable bonds is 6. The van der Waals surface area contributed by atoms with E-state index in [1.165, 1.54) is 0 Å². The van der Waals surface area contributed by atoms with Crippen molar-refractivity contribution in [1.29, 1.82) is 0 Å². The van der Waals surface area contributed by atoms with Crippen molar-refractivity contribution in [2.45, 2.75) is 19.8 Å². The van der Waals surface area contributed by atoms with Gasteiger partial charge >= 0.3 is 0 Å². The predicted molar refractivity (Wildman–Crippen MR) is 69.0 cm³/mol. The van der Waals surface area contributed by atoms with Gasteiger partial charge in [-0.05, 0) is 31.9 Å². The summed E-state index contributed by atoms with van der Waals surface area (Å²) in [5, 5.41) is 0. The van der Waals surface area contributed by atoms with Crippen molar-refractivity contribution in [3.63, 3.8) is 0 Å². The zero-order valence-electron chi connectivity index (χ0n) is 9.93. The summed E-state index contributed by atoms with van der Waals surface area (Å²) in [4.78, 5) is 21.9. The molecule has 1 rings (SSSR count). The Morgan fingerprint density at radius 2 is 1.94 bits per heavy atom. The standard InChI is InChI=1S/C15H16O2/c1-13(11-12-16)7-5-6-10-15(17)14-8-3-2-4-9-14/h2-4,6,8-12H,5,7H2,1H3/b10-6+,13-11+. The van der Waals surface area contributed by atoms with E-state index in [1.807, 2.05) is 31.2 Å². The Labute approximate surface area is 102 Å². The third-order valence-corrected chi connectivity index (χ3v) is 2.39. The van der Waals surface area contributed by atoms with Crippen LogP contribution in [0.2, 0.25) is 0 Å². The first-order valence-electron chi connectivity index (χ1n) is 5.61. The smallest absolute Gasteiger partial charge is 0.185 e. The molecule has 17 heavy (non-hydrogen) atoms. The second-order valence-electron chi connectivity index (χ2n) is 3.82. The van der Waals surface area contributed by atoms with Crippen molar-refractivity contribution < 1.29 is 9.59 Å². The summed E-state index contributed by atoms with van der Waals surface area (Å²) in [6, 6.07) is 9.17. The Balaban J connectivity index is 2.42. The molecule has 2 nitrogen and oxygen atoms in total. The minimum Gasteiger partial charge on any atom is -0.299 e. The monoisotopic (exact) mass is 228 g/mol. The molecule has 0 amide bonds. The van der Waals surface area contributed by atoms with Gasteiger partial charge in [0.1, 0.15) is 6.29 Å². The zero-order valence-corrected chi connectivity index (χ0v) is 9.93. The minimum absolute atomic E-state index is 0.0163. The van der Waals surface area contributed by atoms with Crippen molar-refractivity contribution in [2.24, 2.45) is 0 Å². The van der Waals surface area contributed by atoms with Crippen LogP contribution in [0.4, 0.5) is 0 Å². The number of carbonyl (C=O) groups excluding carboxylic acids is 2. The number of hydrogen-bond donors (Lipinski definition) is 0. The van der Waals surface area contributed by atoms with Gasteiger partial charge in [-0.25, -0.2) is 0 Å². The van der Waals surface area contributed by atoms with Gasteiger partial charge in [0.15, 0.2) is 5.78 Å². The molecule has 0 radical (unpaired) electrons. The number of benzene rings is 1. The number of ketones is 1. The topological polar surface area (TPSA) is 34.1 Å². The lowest BCUT2D eigenvalue weighted by Crippen LogP contribution is -1.92. The lowest BCUT2D eigenvalue weighted by Gasteiger charge is -1.95. The Morgan fingerprint density at radius 3 is 2.59 bits per heavy atom. The van der Waals surface area contributed by atoms with Gasteiger partial charge < -0.3 is 0 Å². The fraction of sp³-hybridized carbons (Fsp3) is 0.200. The van der Waals surface area contributed by atoms with Gasteiger partial charge in [-0.15, -0.1) is 0 Å². The molecule has 1 aromatic carbocycles. The van der Waals surface area contributed by atoms with Crippen LogP contribution in [-0.2, 0) is 4.79 Å². The van der Waals surface area contributed by atoms with Gasteiger partial charge in [0, 0.05) is 5.56 Å². The van der Waals surface area contributed by atoms with Crippen LogP contribution in [0.15, 0.2) is 54.1 Å². The van der Waals surface area contributed by atoms with E-state index >= 15 is 0 Å². The summed E-state index contributed by atoms with van der Waals surface area (Å²) in [6.07, 6.45) is 7.34. The molecular formula is C15H16O2. The van der Waals surface area contributed by atoms with Crippen LogP contribution in [0.25, 0.3) is 0 Å². The van der Waals surface area contributed by atoms with E-state index < -0.39 is 0 Å². The molecule has 1 aromatic rings. The maximum absolute atomic E-state index is 11.7. The number of carbonyl (C=O) groups is 2. The molecule has 0 heterocycles. The lowest BCUT2D eigenvalue weighted by molar-refractivity contribution is -0.104. The average molecular weight is 228 g/mol. The average Bonchev–Trinajstić information content (AvgIpc) is 2.36. The number of allylic oxidation sites excluding steroid dienone is 4. The van der Waals surface area contributed by atoms with Gasteiger partial charge in [-0.2, -0.15) is 0 Å². The second-order valence-corrected chi connectivity index (χ2v) is 3.82. The van der Waals surface area contributed by atoms with Gasteiger partial charge in [0.05, 0.1) is 0 Å². The van der Waals surface area contributed by atoms with Gasteiger partial charge in [0.25, 0.3) is 0 Å². The third-order valence-electron chi connectivity index (χ3n) is 2.39. The van der Waals surface area contributed by atoms with Crippen molar-refractivity contribution in [3.05, 3.63) is 59.7 Å². The number of hydrogen-bond acceptors (Lipinski definition) is 2. The van der Waals surface area contributed by atoms with Crippen molar-refractivity contribution in [1.82, 2.24) is 0 Å². The molecule has 2 heteroatoms. The summed E-state index contributed by atoms with van der Waals surface area (Å²) >= 11 is 0. The van der Waals surface area contributed by atoms with Crippen LogP contribution >= 0.6 is 0 Å². The van der Waals surface area contributed by atoms with Crippen LogP contribution in [0.5, 0.6) is 0 Å². The Hall–Kier alpha value is -1.96. The first kappa shape index (κ1) is 13.1. The summed E-state index contributed by atoms with van der Waals surface area (Å²) in [6.45, 7) is 1.90. The highest BCUT2D eigenvalue weighted by atomic mass is 16.1. The first-order valence-corrected chi connectivity index (χ1v) is 5.61. The molecule has 0 spiro atoms. The third kappa shape index (κ3) is 5.07. The molecule has 0 N–H and O–H groups in total. The summed E-state index contributed by atoms with van der Waals surface area (Å²) in [7, 11) is 0. The SMILES string of the molecule is C/C(=C\C=O)CC/C=C/C(=O)c1ccccc1. The highest BCUT2D eigenvalue weighted by Gasteiger charge is 1.98. The van der Waals surface area contributed by atoms with E-state index in [-0.39, 0.29) is 5.78 Å². The van der Waals surface area contributed by atoms with Crippen molar-refractivity contribution in [3.8, 4) is 0 Å². The molecule has 0 saturated heterocycles. The largest absolute Gasteiger partial charge is 0.299 e. The zero-order chi connectivity index (χ0) is 12.5. The molecule has 0 aromatic heterocycles. The van der Waals surface area contributed by atoms with Crippen LogP contribution in [-0.4, -0.2) is 12.1 Å². The van der Waals surface area contributed by atoms with Gasteiger partial charge in [-0.3, -0.25) is 9.59 Å². The van der Waals surface area contributed by atoms with Crippen LogP contribution < -0.4 is 0 Å². The molecule has 0 aliphatic carbocycles. The number of aldehydes is 1. The molecule has 88 valence electrons. The maximum atomic E-state index is 11.7. The van der Waals surface area contributed by atoms with Crippen LogP contribution in [0.3, 0.4) is 0 Å². The summed E-state index contributed by atoms with van der Waals surface area (Å²) < 4.78 is 0. The molecule has 0 aliphatic rings. The molecular weight excluding hydrogens is 212 g/mol. The fourth-order valence-electron chi connectivity index (χ4n) is 1.40. The minimum atomic E-state index is 0.0163. The van der Waals surface area contributed by atoms with E-state index in [2.05, 4.69) is 0 Å². The second kappa shape index (κ2) is 7.34. The predicted octanol–water partition coefficient (Wildman–Crippen LogP) is 3.35. The lowest BCUT2D eigenvalue weighted by atomic mass is 10.1. The van der Waals surface area contributed by atoms with Gasteiger partial charge in [-0.1, -0.05) is 42.0 Å². The summed E-state index contributed by atoms with van der Waals surface area (Å²) in [5.74, 6) is 0.0163. The fourth-order valence-corrected chi connectivity index (χ4v) is 1.40. The highest BCUT2D eigenvalue weighted by molar-refractivity contribution is 6.04. The molecule has 0 unspecified atom stereocenters. The van der Waals surface area contributed by atoms with E-state index in [0.717, 1.165) is 24.7 Å². The highest BCUT2D eigenvalue weighted by Crippen LogP contribution is 2.05. The molecule has 0 saturated carbocycles. The maximum Gasteiger partial charge on any atom is 0.185 e. The van der Waals surface area contributed by atoms with E-state index in [9.17, 15) is 9.59 Å². The van der Waals surface area contributed by atoms with E-state index in [4.69, 9.17) is 0 Å². The van der Waals surface area contributed by atoms with E-state index in [0.29, 0.717) is 5.56 Å². The first-order chi connectivity index (χ1) is 8.24. The van der Waals surface area contributed by atoms with Crippen molar-refractivity contribution >= 4 is 12.1 Å². The normalized spacial score (nSPS) is 11.7. The van der Waals surface area contributed by atoms with Gasteiger partial charge in [0.2, 0.25) is 0 Å². The Bertz CT molecular complexity index is 427. The van der Waals surface area contributed by atoms with Crippen molar-refractivity contribution in [2.75, 3.05) is 0 Å².